The average Bonchev–Trinajstić information content (AvgIpc) is 2.78. The van der Waals surface area contributed by atoms with Crippen LogP contribution in [0.5, 0.6) is 0 Å². The van der Waals surface area contributed by atoms with E-state index < -0.39 is 9.85 Å². The predicted molar refractivity (Wildman–Crippen MR) is 115 cm³/mol. The van der Waals surface area contributed by atoms with Gasteiger partial charge in [-0.05, 0) is 56.1 Å². The van der Waals surface area contributed by atoms with Crippen molar-refractivity contribution >= 4 is 23.0 Å². The van der Waals surface area contributed by atoms with E-state index in [0.29, 0.717) is 30.7 Å². The van der Waals surface area contributed by atoms with Crippen LogP contribution in [0, 0.1) is 26.1 Å². The van der Waals surface area contributed by atoms with Gasteiger partial charge in [0.25, 0.3) is 11.4 Å². The molecule has 0 bridgehead atoms. The Morgan fingerprint density at radius 3 is 2.03 bits per heavy atom. The maximum atomic E-state index is 12.5. The Labute approximate surface area is 178 Å². The lowest BCUT2D eigenvalue weighted by Gasteiger charge is -2.30. The molecule has 2 aromatic carbocycles. The van der Waals surface area contributed by atoms with Gasteiger partial charge in [-0.15, -0.1) is 0 Å². The number of non-ortho nitro benzene ring substituents is 2. The van der Waals surface area contributed by atoms with Crippen LogP contribution in [-0.2, 0) is 11.3 Å². The van der Waals surface area contributed by atoms with Crippen molar-refractivity contribution in [1.82, 2.24) is 10.3 Å². The molecule has 1 aliphatic heterocycles. The Morgan fingerprint density at radius 2 is 1.52 bits per heavy atom. The van der Waals surface area contributed by atoms with E-state index in [-0.39, 0.29) is 23.2 Å². The first-order valence-electron chi connectivity index (χ1n) is 9.88. The zero-order valence-corrected chi connectivity index (χ0v) is 17.1. The number of hydrogen-bond donors (Lipinski definition) is 1. The largest absolute Gasteiger partial charge is 0.299 e. The highest BCUT2D eigenvalue weighted by molar-refractivity contribution is 5.99. The van der Waals surface area contributed by atoms with Crippen molar-refractivity contribution < 1.29 is 14.6 Å². The third-order valence-corrected chi connectivity index (χ3v) is 5.34. The number of piperidine rings is 1. The zero-order chi connectivity index (χ0) is 22.4. The number of amides is 1. The quantitative estimate of drug-likeness (QED) is 0.411. The minimum Gasteiger partial charge on any atom is -0.299 e. The SMILES string of the molecule is C/C(=N\NC(=O)C1CCN(Cc2ccc([N+](=O)[O-])cc2)CC1)c1ccc([N+](=O)[O-])cc1. The van der Waals surface area contributed by atoms with Gasteiger partial charge in [-0.25, -0.2) is 5.43 Å². The van der Waals surface area contributed by atoms with Gasteiger partial charge in [0.1, 0.15) is 0 Å². The molecule has 31 heavy (non-hydrogen) atoms. The second-order valence-electron chi connectivity index (χ2n) is 7.45. The van der Waals surface area contributed by atoms with Crippen molar-refractivity contribution in [1.29, 1.82) is 0 Å². The molecule has 0 aliphatic carbocycles. The van der Waals surface area contributed by atoms with Gasteiger partial charge < -0.3 is 0 Å². The van der Waals surface area contributed by atoms with Crippen molar-refractivity contribution in [3.8, 4) is 0 Å². The molecular weight excluding hydrogens is 402 g/mol. The summed E-state index contributed by atoms with van der Waals surface area (Å²) in [7, 11) is 0. The van der Waals surface area contributed by atoms with Gasteiger partial charge in [0.15, 0.2) is 0 Å². The Bertz CT molecular complexity index is 980. The summed E-state index contributed by atoms with van der Waals surface area (Å²) in [6, 6.07) is 12.5. The van der Waals surface area contributed by atoms with E-state index >= 15 is 0 Å². The standard InChI is InChI=1S/C21H23N5O5/c1-15(17-4-8-20(9-5-17)26(30)31)22-23-21(27)18-10-12-24(13-11-18)14-16-2-6-19(7-3-16)25(28)29/h2-9,18H,10-14H2,1H3,(H,23,27)/b22-15+. The van der Waals surface area contributed by atoms with E-state index in [1.165, 1.54) is 24.3 Å². The number of likely N-dealkylation sites (tertiary alicyclic amines) is 1. The maximum absolute atomic E-state index is 12.5. The lowest BCUT2D eigenvalue weighted by Crippen LogP contribution is -2.39. The lowest BCUT2D eigenvalue weighted by atomic mass is 9.96. The van der Waals surface area contributed by atoms with E-state index in [1.807, 2.05) is 0 Å². The third kappa shape index (κ3) is 5.92. The highest BCUT2D eigenvalue weighted by Gasteiger charge is 2.25. The van der Waals surface area contributed by atoms with Crippen molar-refractivity contribution in [2.24, 2.45) is 11.0 Å². The summed E-state index contributed by atoms with van der Waals surface area (Å²) in [6.07, 6.45) is 1.40. The van der Waals surface area contributed by atoms with E-state index in [1.54, 1.807) is 31.2 Å². The number of hydrogen-bond acceptors (Lipinski definition) is 7. The van der Waals surface area contributed by atoms with Gasteiger partial charge in [-0.3, -0.25) is 29.9 Å². The number of nitrogens with one attached hydrogen (secondary N) is 1. The van der Waals surface area contributed by atoms with Gasteiger partial charge in [0.05, 0.1) is 15.6 Å². The first-order chi connectivity index (χ1) is 14.8. The fourth-order valence-corrected chi connectivity index (χ4v) is 3.45. The molecule has 2 aromatic rings. The van der Waals surface area contributed by atoms with E-state index in [0.717, 1.165) is 18.7 Å². The molecule has 1 aliphatic rings. The molecule has 3 rings (SSSR count). The molecule has 10 heteroatoms. The highest BCUT2D eigenvalue weighted by Crippen LogP contribution is 2.20. The van der Waals surface area contributed by atoms with Gasteiger partial charge in [-0.1, -0.05) is 12.1 Å². The average molecular weight is 425 g/mol. The summed E-state index contributed by atoms with van der Waals surface area (Å²) in [4.78, 5) is 35.3. The van der Waals surface area contributed by atoms with Gasteiger partial charge >= 0.3 is 0 Å². The van der Waals surface area contributed by atoms with Gasteiger partial charge in [0, 0.05) is 36.7 Å². The molecule has 0 unspecified atom stereocenters. The van der Waals surface area contributed by atoms with Crippen LogP contribution < -0.4 is 5.43 Å². The second kappa shape index (κ2) is 9.90. The number of carbonyl (C=O) groups excluding carboxylic acids is 1. The van der Waals surface area contributed by atoms with E-state index in [9.17, 15) is 25.0 Å². The van der Waals surface area contributed by atoms with Crippen LogP contribution in [-0.4, -0.2) is 39.5 Å². The maximum Gasteiger partial charge on any atom is 0.269 e. The first-order valence-corrected chi connectivity index (χ1v) is 9.88. The Kier molecular flexibility index (Phi) is 7.03. The van der Waals surface area contributed by atoms with Crippen molar-refractivity contribution in [2.45, 2.75) is 26.3 Å². The number of nitrogens with zero attached hydrogens (tertiary/aromatic N) is 4. The van der Waals surface area contributed by atoms with Crippen LogP contribution in [0.2, 0.25) is 0 Å². The summed E-state index contributed by atoms with van der Waals surface area (Å²) in [5.41, 5.74) is 4.94. The molecular formula is C21H23N5O5. The van der Waals surface area contributed by atoms with Crippen LogP contribution in [0.15, 0.2) is 53.6 Å². The van der Waals surface area contributed by atoms with Crippen molar-refractivity contribution in [3.05, 3.63) is 79.9 Å². The molecule has 1 amide bonds. The lowest BCUT2D eigenvalue weighted by molar-refractivity contribution is -0.385. The monoisotopic (exact) mass is 425 g/mol. The first kappa shape index (κ1) is 22.0. The summed E-state index contributed by atoms with van der Waals surface area (Å²) >= 11 is 0. The molecule has 1 N–H and O–H groups in total. The smallest absolute Gasteiger partial charge is 0.269 e. The van der Waals surface area contributed by atoms with Crippen LogP contribution >= 0.6 is 0 Å². The fourth-order valence-electron chi connectivity index (χ4n) is 3.45. The topological polar surface area (TPSA) is 131 Å². The van der Waals surface area contributed by atoms with Gasteiger partial charge in [0.2, 0.25) is 5.91 Å². The number of benzene rings is 2. The third-order valence-electron chi connectivity index (χ3n) is 5.34. The molecule has 162 valence electrons. The summed E-state index contributed by atoms with van der Waals surface area (Å²) < 4.78 is 0. The number of nitro groups is 2. The number of rotatable bonds is 7. The van der Waals surface area contributed by atoms with Crippen LogP contribution in [0.25, 0.3) is 0 Å². The highest BCUT2D eigenvalue weighted by atomic mass is 16.6. The fraction of sp³-hybridized carbons (Fsp3) is 0.333. The predicted octanol–water partition coefficient (Wildman–Crippen LogP) is 3.26. The Hall–Kier alpha value is -3.66. The molecule has 10 nitrogen and oxygen atoms in total. The van der Waals surface area contributed by atoms with Crippen molar-refractivity contribution in [2.75, 3.05) is 13.1 Å². The zero-order valence-electron chi connectivity index (χ0n) is 17.1. The molecule has 1 heterocycles. The number of hydrazone groups is 1. The van der Waals surface area contributed by atoms with Crippen LogP contribution in [0.4, 0.5) is 11.4 Å². The van der Waals surface area contributed by atoms with E-state index in [2.05, 4.69) is 15.4 Å². The summed E-state index contributed by atoms with van der Waals surface area (Å²) in [5.74, 6) is -0.280. The van der Waals surface area contributed by atoms with E-state index in [4.69, 9.17) is 0 Å². The molecule has 0 aromatic heterocycles. The minimum atomic E-state index is -0.466. The number of nitro benzene ring substituents is 2. The van der Waals surface area contributed by atoms with Crippen molar-refractivity contribution in [3.63, 3.8) is 0 Å². The molecule has 0 radical (unpaired) electrons. The molecule has 0 spiro atoms. The summed E-state index contributed by atoms with van der Waals surface area (Å²) in [6.45, 7) is 3.91. The molecule has 0 saturated carbocycles. The molecule has 1 saturated heterocycles. The van der Waals surface area contributed by atoms with Crippen LogP contribution in [0.1, 0.15) is 30.9 Å². The minimum absolute atomic E-state index is 0.000992. The Morgan fingerprint density at radius 1 is 1.00 bits per heavy atom. The summed E-state index contributed by atoms with van der Waals surface area (Å²) in [5, 5.41) is 25.6. The second-order valence-corrected chi connectivity index (χ2v) is 7.45. The molecule has 0 atom stereocenters. The molecule has 1 fully saturated rings. The van der Waals surface area contributed by atoms with Crippen LogP contribution in [0.3, 0.4) is 0 Å². The number of carbonyl (C=O) groups is 1. The normalized spacial score (nSPS) is 15.5. The Balaban J connectivity index is 1.47. The van der Waals surface area contributed by atoms with Gasteiger partial charge in [-0.2, -0.15) is 5.10 Å².